The quantitative estimate of drug-likeness (QED) is 0.509. The molecule has 0 spiro atoms. The molecule has 4 rings (SSSR count). The Balaban J connectivity index is 1.87. The first-order valence-corrected chi connectivity index (χ1v) is 10.9. The summed E-state index contributed by atoms with van der Waals surface area (Å²) in [5, 5.41) is 0. The van der Waals surface area contributed by atoms with Crippen molar-refractivity contribution in [3.05, 3.63) is 108 Å². The van der Waals surface area contributed by atoms with Crippen LogP contribution in [0, 0.1) is 0 Å². The second kappa shape index (κ2) is 9.69. The van der Waals surface area contributed by atoms with Gasteiger partial charge in [-0.05, 0) is 24.6 Å². The second-order valence-electron chi connectivity index (χ2n) is 7.89. The zero-order valence-corrected chi connectivity index (χ0v) is 18.3. The van der Waals surface area contributed by atoms with Crippen molar-refractivity contribution in [1.82, 2.24) is 4.90 Å². The van der Waals surface area contributed by atoms with Crippen molar-refractivity contribution in [3.63, 3.8) is 0 Å². The van der Waals surface area contributed by atoms with E-state index < -0.39 is 29.6 Å². The molecule has 1 fully saturated rings. The van der Waals surface area contributed by atoms with Gasteiger partial charge >= 0.3 is 11.9 Å². The predicted octanol–water partition coefficient (Wildman–Crippen LogP) is 4.32. The molecule has 1 amide bonds. The van der Waals surface area contributed by atoms with Crippen molar-refractivity contribution >= 4 is 17.8 Å². The number of hydrogen-bond donors (Lipinski definition) is 0. The Morgan fingerprint density at radius 3 is 2.09 bits per heavy atom. The normalized spacial score (nSPS) is 19.7. The van der Waals surface area contributed by atoms with E-state index in [2.05, 4.69) is 0 Å². The topological polar surface area (TPSA) is 72.9 Å². The molecule has 33 heavy (non-hydrogen) atoms. The van der Waals surface area contributed by atoms with Crippen LogP contribution in [0.15, 0.2) is 91.0 Å². The zero-order valence-electron chi connectivity index (χ0n) is 18.3. The van der Waals surface area contributed by atoms with Crippen LogP contribution in [0.2, 0.25) is 0 Å². The third-order valence-electron chi connectivity index (χ3n) is 5.70. The summed E-state index contributed by atoms with van der Waals surface area (Å²) in [6, 6.07) is 27.1. The maximum atomic E-state index is 13.9. The van der Waals surface area contributed by atoms with Crippen LogP contribution in [0.1, 0.15) is 41.1 Å². The summed E-state index contributed by atoms with van der Waals surface area (Å²) < 4.78 is 11.0. The molecule has 0 saturated carbocycles. The van der Waals surface area contributed by atoms with Crippen molar-refractivity contribution in [2.75, 3.05) is 6.61 Å². The molecule has 1 saturated heterocycles. The molecule has 6 nitrogen and oxygen atoms in total. The molecule has 3 aromatic rings. The Kier molecular flexibility index (Phi) is 6.54. The van der Waals surface area contributed by atoms with Crippen LogP contribution in [0.3, 0.4) is 0 Å². The van der Waals surface area contributed by atoms with E-state index in [9.17, 15) is 14.4 Å². The first-order chi connectivity index (χ1) is 16.0. The Hall–Kier alpha value is -3.93. The summed E-state index contributed by atoms with van der Waals surface area (Å²) in [7, 11) is 0. The van der Waals surface area contributed by atoms with Gasteiger partial charge in [-0.1, -0.05) is 78.9 Å². The molecule has 0 unspecified atom stereocenters. The minimum atomic E-state index is -1.55. The lowest BCUT2D eigenvalue weighted by Gasteiger charge is -2.36. The van der Waals surface area contributed by atoms with Crippen LogP contribution >= 0.6 is 0 Å². The van der Waals surface area contributed by atoms with Gasteiger partial charge < -0.3 is 9.47 Å². The molecule has 168 valence electrons. The third-order valence-corrected chi connectivity index (χ3v) is 5.70. The van der Waals surface area contributed by atoms with E-state index in [0.29, 0.717) is 11.1 Å². The van der Waals surface area contributed by atoms with E-state index in [-0.39, 0.29) is 19.4 Å². The lowest BCUT2D eigenvalue weighted by molar-refractivity contribution is -0.152. The van der Waals surface area contributed by atoms with Gasteiger partial charge in [-0.25, -0.2) is 4.79 Å². The van der Waals surface area contributed by atoms with Crippen LogP contribution in [-0.4, -0.2) is 34.9 Å². The van der Waals surface area contributed by atoms with Gasteiger partial charge in [-0.15, -0.1) is 0 Å². The average molecular weight is 443 g/mol. The largest absolute Gasteiger partial charge is 0.466 e. The molecule has 0 aliphatic carbocycles. The second-order valence-corrected chi connectivity index (χ2v) is 7.89. The molecule has 1 aliphatic heterocycles. The van der Waals surface area contributed by atoms with Gasteiger partial charge in [0.2, 0.25) is 6.23 Å². The van der Waals surface area contributed by atoms with Gasteiger partial charge in [-0.2, -0.15) is 0 Å². The SMILES string of the molecule is CCOC(=O)C[C@]1(Cc2ccccc2)C(=O)O[C@@H](c2ccccc2)N1C(=O)c1ccccc1. The molecule has 2 atom stereocenters. The lowest BCUT2D eigenvalue weighted by Crippen LogP contribution is -2.55. The molecule has 1 aliphatic rings. The fourth-order valence-corrected chi connectivity index (χ4v) is 4.20. The molecule has 0 bridgehead atoms. The summed E-state index contributed by atoms with van der Waals surface area (Å²) in [6.45, 7) is 1.87. The molecule has 0 aromatic heterocycles. The van der Waals surface area contributed by atoms with E-state index >= 15 is 0 Å². The standard InChI is InChI=1S/C27H25NO5/c1-2-32-23(29)19-27(18-20-12-6-3-7-13-20)26(31)33-25(22-16-10-5-11-17-22)28(27)24(30)21-14-8-4-9-15-21/h3-17,25H,2,18-19H2,1H3/t25-,27+/m0/s1. The Morgan fingerprint density at radius 1 is 0.909 bits per heavy atom. The van der Waals surface area contributed by atoms with Crippen LogP contribution in [0.25, 0.3) is 0 Å². The first kappa shape index (κ1) is 22.3. The van der Waals surface area contributed by atoms with Gasteiger partial charge in [0.25, 0.3) is 5.91 Å². The van der Waals surface area contributed by atoms with E-state index in [1.165, 1.54) is 4.90 Å². The number of carbonyl (C=O) groups is 3. The van der Waals surface area contributed by atoms with Crippen molar-refractivity contribution in [3.8, 4) is 0 Å². The number of rotatable bonds is 7. The van der Waals surface area contributed by atoms with Gasteiger partial charge in [0.15, 0.2) is 5.54 Å². The summed E-state index contributed by atoms with van der Waals surface area (Å²) in [5.41, 5.74) is 0.298. The minimum absolute atomic E-state index is 0.118. The molecule has 1 heterocycles. The highest BCUT2D eigenvalue weighted by Gasteiger charge is 2.59. The van der Waals surface area contributed by atoms with Crippen molar-refractivity contribution < 1.29 is 23.9 Å². The summed E-state index contributed by atoms with van der Waals surface area (Å²) in [6.07, 6.45) is -1.16. The minimum Gasteiger partial charge on any atom is -0.466 e. The van der Waals surface area contributed by atoms with E-state index in [0.717, 1.165) is 5.56 Å². The molecule has 6 heteroatoms. The molecular weight excluding hydrogens is 418 g/mol. The smallest absolute Gasteiger partial charge is 0.335 e. The van der Waals surface area contributed by atoms with E-state index in [1.54, 1.807) is 43.3 Å². The number of ether oxygens (including phenoxy) is 2. The molecule has 0 N–H and O–H groups in total. The fourth-order valence-electron chi connectivity index (χ4n) is 4.20. The van der Waals surface area contributed by atoms with Gasteiger partial charge in [0.05, 0.1) is 13.0 Å². The van der Waals surface area contributed by atoms with Crippen molar-refractivity contribution in [2.24, 2.45) is 0 Å². The lowest BCUT2D eigenvalue weighted by atomic mass is 9.85. The van der Waals surface area contributed by atoms with Crippen LogP contribution in [0.4, 0.5) is 0 Å². The Bertz CT molecular complexity index is 1120. The van der Waals surface area contributed by atoms with Crippen molar-refractivity contribution in [2.45, 2.75) is 31.5 Å². The maximum absolute atomic E-state index is 13.9. The first-order valence-electron chi connectivity index (χ1n) is 10.9. The van der Waals surface area contributed by atoms with Gasteiger partial charge in [-0.3, -0.25) is 14.5 Å². The van der Waals surface area contributed by atoms with Crippen LogP contribution in [-0.2, 0) is 25.5 Å². The zero-order chi connectivity index (χ0) is 23.3. The highest BCUT2D eigenvalue weighted by molar-refractivity contribution is 6.01. The number of hydrogen-bond acceptors (Lipinski definition) is 5. The Labute approximate surface area is 192 Å². The third kappa shape index (κ3) is 4.51. The van der Waals surface area contributed by atoms with E-state index in [1.807, 2.05) is 54.6 Å². The van der Waals surface area contributed by atoms with E-state index in [4.69, 9.17) is 9.47 Å². The maximum Gasteiger partial charge on any atom is 0.335 e. The van der Waals surface area contributed by atoms with Crippen molar-refractivity contribution in [1.29, 1.82) is 0 Å². The number of nitrogens with zero attached hydrogens (tertiary/aromatic N) is 1. The summed E-state index contributed by atoms with van der Waals surface area (Å²) in [4.78, 5) is 41.5. The molecule has 0 radical (unpaired) electrons. The highest BCUT2D eigenvalue weighted by atomic mass is 16.6. The summed E-state index contributed by atoms with van der Waals surface area (Å²) >= 11 is 0. The number of benzene rings is 3. The number of cyclic esters (lactones) is 1. The average Bonchev–Trinajstić information content (AvgIpc) is 3.12. The van der Waals surface area contributed by atoms with Gasteiger partial charge in [0, 0.05) is 17.5 Å². The summed E-state index contributed by atoms with van der Waals surface area (Å²) in [5.74, 6) is -1.59. The van der Waals surface area contributed by atoms with Gasteiger partial charge in [0.1, 0.15) is 0 Å². The fraction of sp³-hybridized carbons (Fsp3) is 0.222. The van der Waals surface area contributed by atoms with Crippen LogP contribution in [0.5, 0.6) is 0 Å². The highest BCUT2D eigenvalue weighted by Crippen LogP contribution is 2.43. The number of carbonyl (C=O) groups excluding carboxylic acids is 3. The molecular formula is C27H25NO5. The van der Waals surface area contributed by atoms with Crippen LogP contribution < -0.4 is 0 Å². The Morgan fingerprint density at radius 2 is 1.48 bits per heavy atom. The molecule has 3 aromatic carbocycles. The monoisotopic (exact) mass is 443 g/mol. The number of esters is 2. The predicted molar refractivity (Wildman–Crippen MR) is 122 cm³/mol. The number of amides is 1.